The highest BCUT2D eigenvalue weighted by Crippen LogP contribution is 2.59. The summed E-state index contributed by atoms with van der Waals surface area (Å²) >= 11 is 6.66. The molecular formula is C29H33ClN4O. The summed E-state index contributed by atoms with van der Waals surface area (Å²) < 4.78 is 2.12. The van der Waals surface area contributed by atoms with Gasteiger partial charge in [0.2, 0.25) is 5.95 Å². The number of nitrogens with zero attached hydrogens (tertiary/aromatic N) is 3. The number of aromatic nitrogens is 3. The van der Waals surface area contributed by atoms with Gasteiger partial charge in [-0.1, -0.05) is 42.6 Å². The van der Waals surface area contributed by atoms with Crippen molar-refractivity contribution in [1.82, 2.24) is 14.5 Å². The van der Waals surface area contributed by atoms with Gasteiger partial charge in [0, 0.05) is 28.2 Å². The van der Waals surface area contributed by atoms with Gasteiger partial charge in [-0.3, -0.25) is 9.36 Å². The van der Waals surface area contributed by atoms with E-state index in [0.29, 0.717) is 22.6 Å². The molecule has 2 aromatic heterocycles. The standard InChI is InChI=1S/C29H33ClN4O/c1-17-23-16-31-28(32-21-6-2-3-7-21)33-26(23)34(27(35)25(17)22-8-4-5-9-24(22)30)29-13-18-10-19(14-29)12-20(11-18)15-29/h4-5,8-9,16,18-21H,2-3,6-7,10-15H2,1H3,(H,31,32,33). The predicted molar refractivity (Wildman–Crippen MR) is 141 cm³/mol. The zero-order valence-corrected chi connectivity index (χ0v) is 21.2. The molecule has 0 amide bonds. The molecule has 0 spiro atoms. The lowest BCUT2D eigenvalue weighted by atomic mass is 9.53. The smallest absolute Gasteiger partial charge is 0.260 e. The van der Waals surface area contributed by atoms with E-state index in [2.05, 4.69) is 9.88 Å². The van der Waals surface area contributed by atoms with Crippen LogP contribution in [0.15, 0.2) is 35.3 Å². The first-order valence-corrected chi connectivity index (χ1v) is 13.8. The van der Waals surface area contributed by atoms with Crippen LogP contribution in [-0.4, -0.2) is 20.6 Å². The fourth-order valence-electron chi connectivity index (χ4n) is 8.39. The van der Waals surface area contributed by atoms with E-state index < -0.39 is 0 Å². The summed E-state index contributed by atoms with van der Waals surface area (Å²) in [6, 6.07) is 8.16. The quantitative estimate of drug-likeness (QED) is 0.444. The minimum atomic E-state index is -0.146. The van der Waals surface area contributed by atoms with Crippen LogP contribution in [0, 0.1) is 24.7 Å². The molecule has 5 saturated carbocycles. The summed E-state index contributed by atoms with van der Waals surface area (Å²) in [6.45, 7) is 2.03. The van der Waals surface area contributed by atoms with Gasteiger partial charge in [0.1, 0.15) is 5.65 Å². The number of aryl methyl sites for hydroxylation is 1. The van der Waals surface area contributed by atoms with Crippen molar-refractivity contribution in [1.29, 1.82) is 0 Å². The zero-order valence-electron chi connectivity index (χ0n) is 20.4. The zero-order chi connectivity index (χ0) is 23.7. The molecule has 5 fully saturated rings. The molecule has 2 heterocycles. The fraction of sp³-hybridized carbons (Fsp3) is 0.552. The number of halogens is 1. The third-order valence-corrected chi connectivity index (χ3v) is 9.82. The van der Waals surface area contributed by atoms with Crippen LogP contribution in [0.1, 0.15) is 69.8 Å². The average molecular weight is 489 g/mol. The van der Waals surface area contributed by atoms with Crippen molar-refractivity contribution >= 4 is 28.6 Å². The maximum atomic E-state index is 14.6. The molecule has 0 radical (unpaired) electrons. The van der Waals surface area contributed by atoms with Crippen LogP contribution < -0.4 is 10.9 Å². The molecule has 4 bridgehead atoms. The van der Waals surface area contributed by atoms with Crippen molar-refractivity contribution in [3.63, 3.8) is 0 Å². The van der Waals surface area contributed by atoms with Crippen molar-refractivity contribution in [2.75, 3.05) is 5.32 Å². The lowest BCUT2D eigenvalue weighted by molar-refractivity contribution is -0.0426. The first-order chi connectivity index (χ1) is 17.0. The Balaban J connectivity index is 1.48. The molecule has 5 aliphatic carbocycles. The number of anilines is 1. The second-order valence-electron chi connectivity index (χ2n) is 11.8. The van der Waals surface area contributed by atoms with Gasteiger partial charge >= 0.3 is 0 Å². The van der Waals surface area contributed by atoms with Gasteiger partial charge in [-0.15, -0.1) is 0 Å². The number of nitrogens with one attached hydrogen (secondary N) is 1. The van der Waals surface area contributed by atoms with Crippen LogP contribution in [0.5, 0.6) is 0 Å². The van der Waals surface area contributed by atoms with E-state index in [1.165, 1.54) is 32.1 Å². The first kappa shape index (κ1) is 21.8. The van der Waals surface area contributed by atoms with E-state index >= 15 is 0 Å². The number of hydrogen-bond acceptors (Lipinski definition) is 4. The number of benzene rings is 1. The highest BCUT2D eigenvalue weighted by Gasteiger charge is 2.53. The Labute approximate surface area is 211 Å². The molecule has 35 heavy (non-hydrogen) atoms. The van der Waals surface area contributed by atoms with Gasteiger partial charge in [0.05, 0.1) is 11.1 Å². The summed E-state index contributed by atoms with van der Waals surface area (Å²) in [7, 11) is 0. The van der Waals surface area contributed by atoms with Crippen molar-refractivity contribution in [3.8, 4) is 11.1 Å². The normalized spacial score (nSPS) is 29.8. The molecule has 0 unspecified atom stereocenters. The monoisotopic (exact) mass is 488 g/mol. The molecule has 182 valence electrons. The SMILES string of the molecule is Cc1c(-c2ccccc2Cl)c(=O)n(C23CC4CC(CC(C4)C2)C3)c2nc(NC3CCCC3)ncc12. The van der Waals surface area contributed by atoms with Crippen molar-refractivity contribution < 1.29 is 0 Å². The molecule has 5 aliphatic rings. The number of fused-ring (bicyclic) bond motifs is 1. The summed E-state index contributed by atoms with van der Waals surface area (Å²) in [5.74, 6) is 2.84. The van der Waals surface area contributed by atoms with E-state index in [1.54, 1.807) is 0 Å². The van der Waals surface area contributed by atoms with Gasteiger partial charge in [0.25, 0.3) is 5.56 Å². The van der Waals surface area contributed by atoms with Crippen LogP contribution in [0.4, 0.5) is 5.95 Å². The Bertz CT molecular complexity index is 1340. The van der Waals surface area contributed by atoms with Crippen molar-refractivity contribution in [3.05, 3.63) is 51.4 Å². The molecule has 8 rings (SSSR count). The molecule has 0 atom stereocenters. The first-order valence-electron chi connectivity index (χ1n) is 13.4. The highest BCUT2D eigenvalue weighted by molar-refractivity contribution is 6.33. The van der Waals surface area contributed by atoms with E-state index in [0.717, 1.165) is 72.0 Å². The van der Waals surface area contributed by atoms with E-state index in [4.69, 9.17) is 21.6 Å². The van der Waals surface area contributed by atoms with Gasteiger partial charge in [-0.05, 0) is 87.7 Å². The van der Waals surface area contributed by atoms with E-state index in [1.807, 2.05) is 37.4 Å². The number of hydrogen-bond donors (Lipinski definition) is 1. The molecule has 1 aromatic carbocycles. The topological polar surface area (TPSA) is 59.8 Å². The Morgan fingerprint density at radius 1 is 1.03 bits per heavy atom. The second kappa shape index (κ2) is 8.06. The Morgan fingerprint density at radius 2 is 1.69 bits per heavy atom. The fourth-order valence-corrected chi connectivity index (χ4v) is 8.62. The minimum Gasteiger partial charge on any atom is -0.351 e. The van der Waals surface area contributed by atoms with Gasteiger partial charge in [0.15, 0.2) is 0 Å². The average Bonchev–Trinajstić information content (AvgIpc) is 3.32. The molecular weight excluding hydrogens is 456 g/mol. The lowest BCUT2D eigenvalue weighted by Crippen LogP contribution is -2.55. The third-order valence-electron chi connectivity index (χ3n) is 9.49. The number of rotatable bonds is 4. The summed E-state index contributed by atoms with van der Waals surface area (Å²) in [5.41, 5.74) is 3.17. The molecule has 1 N–H and O–H groups in total. The molecule has 3 aromatic rings. The molecule has 0 saturated heterocycles. The van der Waals surface area contributed by atoms with Crippen LogP contribution in [0.3, 0.4) is 0 Å². The van der Waals surface area contributed by atoms with Crippen molar-refractivity contribution in [2.24, 2.45) is 17.8 Å². The van der Waals surface area contributed by atoms with Crippen LogP contribution in [0.25, 0.3) is 22.2 Å². The largest absolute Gasteiger partial charge is 0.351 e. The number of pyridine rings is 1. The Hall–Kier alpha value is -2.40. The van der Waals surface area contributed by atoms with Crippen LogP contribution in [-0.2, 0) is 5.54 Å². The molecule has 0 aliphatic heterocycles. The molecule has 6 heteroatoms. The third kappa shape index (κ3) is 3.45. The van der Waals surface area contributed by atoms with Crippen molar-refractivity contribution in [2.45, 2.75) is 82.7 Å². The summed E-state index contributed by atoms with van der Waals surface area (Å²) in [4.78, 5) is 24.4. The summed E-state index contributed by atoms with van der Waals surface area (Å²) in [5, 5.41) is 5.15. The van der Waals surface area contributed by atoms with Crippen LogP contribution in [0.2, 0.25) is 5.02 Å². The maximum absolute atomic E-state index is 14.6. The van der Waals surface area contributed by atoms with Gasteiger partial charge in [-0.25, -0.2) is 4.98 Å². The van der Waals surface area contributed by atoms with Gasteiger partial charge in [-0.2, -0.15) is 4.98 Å². The highest BCUT2D eigenvalue weighted by atomic mass is 35.5. The maximum Gasteiger partial charge on any atom is 0.260 e. The Kier molecular flexibility index (Phi) is 5.03. The van der Waals surface area contributed by atoms with Crippen LogP contribution >= 0.6 is 11.6 Å². The molecule has 5 nitrogen and oxygen atoms in total. The lowest BCUT2D eigenvalue weighted by Gasteiger charge is -2.57. The second-order valence-corrected chi connectivity index (χ2v) is 12.2. The van der Waals surface area contributed by atoms with Gasteiger partial charge < -0.3 is 5.32 Å². The van der Waals surface area contributed by atoms with E-state index in [-0.39, 0.29) is 11.1 Å². The summed E-state index contributed by atoms with van der Waals surface area (Å²) in [6.07, 6.45) is 14.0. The van der Waals surface area contributed by atoms with E-state index in [9.17, 15) is 4.79 Å². The predicted octanol–water partition coefficient (Wildman–Crippen LogP) is 6.70. The Morgan fingerprint density at radius 3 is 2.34 bits per heavy atom. The minimum absolute atomic E-state index is 0.0653.